The minimum Gasteiger partial charge on any atom is -0.465 e. The van der Waals surface area contributed by atoms with Gasteiger partial charge in [0.15, 0.2) is 0 Å². The standard InChI is InChI=1S/C13H20N2O2S/c1-4-15(5-2)12-11(13(16)17-3)9-6-7-14-8-10(9)18-12/h14H,4-8H2,1-3H3. The Morgan fingerprint density at radius 3 is 2.78 bits per heavy atom. The van der Waals surface area contributed by atoms with E-state index >= 15 is 0 Å². The molecule has 2 heterocycles. The number of nitrogens with one attached hydrogen (secondary N) is 1. The molecule has 1 aromatic rings. The number of nitrogens with zero attached hydrogens (tertiary/aromatic N) is 1. The van der Waals surface area contributed by atoms with Gasteiger partial charge in [-0.2, -0.15) is 0 Å². The third kappa shape index (κ3) is 2.24. The molecule has 1 aromatic heterocycles. The second-order valence-corrected chi connectivity index (χ2v) is 5.36. The Balaban J connectivity index is 2.50. The molecule has 0 radical (unpaired) electrons. The van der Waals surface area contributed by atoms with E-state index in [1.165, 1.54) is 17.6 Å². The van der Waals surface area contributed by atoms with E-state index in [1.807, 2.05) is 0 Å². The van der Waals surface area contributed by atoms with Crippen LogP contribution in [0.5, 0.6) is 0 Å². The number of carbonyl (C=O) groups is 1. The van der Waals surface area contributed by atoms with Gasteiger partial charge in [-0.25, -0.2) is 4.79 Å². The van der Waals surface area contributed by atoms with Crippen LogP contribution in [0.3, 0.4) is 0 Å². The van der Waals surface area contributed by atoms with Crippen molar-refractivity contribution in [2.24, 2.45) is 0 Å². The maximum Gasteiger partial charge on any atom is 0.341 e. The zero-order valence-electron chi connectivity index (χ0n) is 11.2. The van der Waals surface area contributed by atoms with Crippen LogP contribution in [0.2, 0.25) is 0 Å². The maximum atomic E-state index is 12.0. The largest absolute Gasteiger partial charge is 0.465 e. The Bertz CT molecular complexity index is 438. The summed E-state index contributed by atoms with van der Waals surface area (Å²) >= 11 is 1.73. The first-order chi connectivity index (χ1) is 8.72. The molecule has 5 heteroatoms. The maximum absolute atomic E-state index is 12.0. The molecule has 100 valence electrons. The van der Waals surface area contributed by atoms with Crippen LogP contribution in [-0.2, 0) is 17.7 Å². The number of fused-ring (bicyclic) bond motifs is 1. The minimum atomic E-state index is -0.198. The molecule has 0 aromatic carbocycles. The predicted molar refractivity (Wildman–Crippen MR) is 74.6 cm³/mol. The second kappa shape index (κ2) is 5.71. The van der Waals surface area contributed by atoms with E-state index in [0.29, 0.717) is 0 Å². The molecule has 0 spiro atoms. The third-order valence-electron chi connectivity index (χ3n) is 3.35. The highest BCUT2D eigenvalue weighted by Crippen LogP contribution is 2.38. The van der Waals surface area contributed by atoms with Gasteiger partial charge in [0.1, 0.15) is 5.00 Å². The molecule has 1 aliphatic rings. The molecule has 1 N–H and O–H groups in total. The first-order valence-corrected chi connectivity index (χ1v) is 7.23. The third-order valence-corrected chi connectivity index (χ3v) is 4.64. The summed E-state index contributed by atoms with van der Waals surface area (Å²) in [6, 6.07) is 0. The summed E-state index contributed by atoms with van der Waals surface area (Å²) in [5.74, 6) is -0.198. The molecular formula is C13H20N2O2S. The summed E-state index contributed by atoms with van der Waals surface area (Å²) in [7, 11) is 1.46. The summed E-state index contributed by atoms with van der Waals surface area (Å²) in [6.07, 6.45) is 0.914. The Morgan fingerprint density at radius 1 is 1.44 bits per heavy atom. The molecule has 0 bridgehead atoms. The normalized spacial score (nSPS) is 14.2. The fourth-order valence-corrected chi connectivity index (χ4v) is 3.80. The summed E-state index contributed by atoms with van der Waals surface area (Å²) in [6.45, 7) is 7.85. The number of rotatable bonds is 4. The molecule has 4 nitrogen and oxygen atoms in total. The Kier molecular flexibility index (Phi) is 4.24. The Labute approximate surface area is 112 Å². The van der Waals surface area contributed by atoms with Crippen molar-refractivity contribution < 1.29 is 9.53 Å². The molecule has 0 unspecified atom stereocenters. The van der Waals surface area contributed by atoms with Crippen LogP contribution in [0, 0.1) is 0 Å². The second-order valence-electron chi connectivity index (χ2n) is 4.27. The average Bonchev–Trinajstić information content (AvgIpc) is 2.78. The van der Waals surface area contributed by atoms with Crippen LogP contribution in [0.15, 0.2) is 0 Å². The first kappa shape index (κ1) is 13.4. The highest BCUT2D eigenvalue weighted by atomic mass is 32.1. The monoisotopic (exact) mass is 268 g/mol. The van der Waals surface area contributed by atoms with Crippen molar-refractivity contribution in [3.05, 3.63) is 16.0 Å². The number of carbonyl (C=O) groups excluding carboxylic acids is 1. The van der Waals surface area contributed by atoms with Gasteiger partial charge in [0.2, 0.25) is 0 Å². The fraction of sp³-hybridized carbons (Fsp3) is 0.615. The van der Waals surface area contributed by atoms with Gasteiger partial charge in [0, 0.05) is 24.5 Å². The lowest BCUT2D eigenvalue weighted by molar-refractivity contribution is 0.0600. The van der Waals surface area contributed by atoms with Crippen LogP contribution < -0.4 is 10.2 Å². The molecule has 0 saturated heterocycles. The number of methoxy groups -OCH3 is 1. The predicted octanol–water partition coefficient (Wildman–Crippen LogP) is 2.03. The molecule has 0 aliphatic carbocycles. The molecule has 0 amide bonds. The SMILES string of the molecule is CCN(CC)c1sc2c(c1C(=O)OC)CCNC2. The van der Waals surface area contributed by atoms with Crippen molar-refractivity contribution >= 4 is 22.3 Å². The Morgan fingerprint density at radius 2 is 2.17 bits per heavy atom. The van der Waals surface area contributed by atoms with Crippen LogP contribution in [0.1, 0.15) is 34.6 Å². The van der Waals surface area contributed by atoms with E-state index in [2.05, 4.69) is 24.1 Å². The lowest BCUT2D eigenvalue weighted by atomic mass is 10.0. The number of hydrogen-bond acceptors (Lipinski definition) is 5. The van der Waals surface area contributed by atoms with Crippen LogP contribution >= 0.6 is 11.3 Å². The molecule has 1 aliphatic heterocycles. The first-order valence-electron chi connectivity index (χ1n) is 6.41. The Hall–Kier alpha value is -1.07. The number of thiophene rings is 1. The van der Waals surface area contributed by atoms with Gasteiger partial charge in [-0.3, -0.25) is 0 Å². The van der Waals surface area contributed by atoms with E-state index in [-0.39, 0.29) is 5.97 Å². The van der Waals surface area contributed by atoms with Crippen molar-refractivity contribution in [3.63, 3.8) is 0 Å². The molecule has 0 saturated carbocycles. The van der Waals surface area contributed by atoms with Crippen molar-refractivity contribution in [3.8, 4) is 0 Å². The number of ether oxygens (including phenoxy) is 1. The van der Waals surface area contributed by atoms with Gasteiger partial charge in [-0.1, -0.05) is 0 Å². The van der Waals surface area contributed by atoms with E-state index in [1.54, 1.807) is 11.3 Å². The molecule has 18 heavy (non-hydrogen) atoms. The van der Waals surface area contributed by atoms with Gasteiger partial charge < -0.3 is 15.0 Å². The molecule has 0 fully saturated rings. The highest BCUT2D eigenvalue weighted by Gasteiger charge is 2.27. The average molecular weight is 268 g/mol. The molecule has 0 atom stereocenters. The number of anilines is 1. The topological polar surface area (TPSA) is 41.6 Å². The van der Waals surface area contributed by atoms with Gasteiger partial charge in [-0.05, 0) is 32.4 Å². The van der Waals surface area contributed by atoms with E-state index in [9.17, 15) is 4.79 Å². The van der Waals surface area contributed by atoms with Crippen molar-refractivity contribution in [1.29, 1.82) is 0 Å². The molecular weight excluding hydrogens is 248 g/mol. The quantitative estimate of drug-likeness (QED) is 0.848. The lowest BCUT2D eigenvalue weighted by Gasteiger charge is -2.20. The number of hydrogen-bond donors (Lipinski definition) is 1. The van der Waals surface area contributed by atoms with E-state index < -0.39 is 0 Å². The molecule has 2 rings (SSSR count). The fourth-order valence-electron chi connectivity index (χ4n) is 2.37. The van der Waals surface area contributed by atoms with Crippen LogP contribution in [0.25, 0.3) is 0 Å². The minimum absolute atomic E-state index is 0.198. The lowest BCUT2D eigenvalue weighted by Crippen LogP contribution is -2.25. The van der Waals surface area contributed by atoms with E-state index in [4.69, 9.17) is 4.74 Å². The van der Waals surface area contributed by atoms with Crippen molar-refractivity contribution in [2.45, 2.75) is 26.8 Å². The van der Waals surface area contributed by atoms with E-state index in [0.717, 1.165) is 43.2 Å². The summed E-state index contributed by atoms with van der Waals surface area (Å²) < 4.78 is 4.96. The van der Waals surface area contributed by atoms with Crippen LogP contribution in [-0.4, -0.2) is 32.7 Å². The summed E-state index contributed by atoms with van der Waals surface area (Å²) in [5.41, 5.74) is 1.98. The zero-order chi connectivity index (χ0) is 13.1. The summed E-state index contributed by atoms with van der Waals surface area (Å²) in [4.78, 5) is 15.6. The van der Waals surface area contributed by atoms with Crippen molar-refractivity contribution in [2.75, 3.05) is 31.6 Å². The van der Waals surface area contributed by atoms with Gasteiger partial charge >= 0.3 is 5.97 Å². The summed E-state index contributed by atoms with van der Waals surface area (Å²) in [5, 5.41) is 4.42. The number of esters is 1. The highest BCUT2D eigenvalue weighted by molar-refractivity contribution is 7.16. The van der Waals surface area contributed by atoms with Gasteiger partial charge in [0.05, 0.1) is 12.7 Å². The zero-order valence-corrected chi connectivity index (χ0v) is 12.0. The van der Waals surface area contributed by atoms with Gasteiger partial charge in [-0.15, -0.1) is 11.3 Å². The van der Waals surface area contributed by atoms with Crippen LogP contribution in [0.4, 0.5) is 5.00 Å². The van der Waals surface area contributed by atoms with Crippen molar-refractivity contribution in [1.82, 2.24) is 5.32 Å². The smallest absolute Gasteiger partial charge is 0.341 e. The van der Waals surface area contributed by atoms with Gasteiger partial charge in [0.25, 0.3) is 0 Å².